The first kappa shape index (κ1) is 8.43. The van der Waals surface area contributed by atoms with E-state index in [2.05, 4.69) is 41.1 Å². The molecule has 0 atom stereocenters. The van der Waals surface area contributed by atoms with Crippen LogP contribution in [0.4, 0.5) is 0 Å². The van der Waals surface area contributed by atoms with Crippen LogP contribution in [0.3, 0.4) is 0 Å². The van der Waals surface area contributed by atoms with Crippen molar-refractivity contribution < 1.29 is 21.4 Å². The van der Waals surface area contributed by atoms with Gasteiger partial charge >= 0.3 is 82.1 Å². The Morgan fingerprint density at radius 3 is 1.83 bits per heavy atom. The molecular formula is C11H13Sc. The summed E-state index contributed by atoms with van der Waals surface area (Å²) in [4.78, 5) is 0. The minimum atomic E-state index is -1.19. The van der Waals surface area contributed by atoms with Crippen LogP contribution in [0, 0.1) is 0 Å². The zero-order valence-corrected chi connectivity index (χ0v) is 9.26. The van der Waals surface area contributed by atoms with Gasteiger partial charge in [-0.05, 0) is 0 Å². The second-order valence-corrected chi connectivity index (χ2v) is 8.04. The Bertz CT molecular complexity index is 262. The van der Waals surface area contributed by atoms with Crippen LogP contribution in [0.5, 0.6) is 0 Å². The van der Waals surface area contributed by atoms with Gasteiger partial charge in [0, 0.05) is 0 Å². The third-order valence-electron chi connectivity index (χ3n) is 2.71. The van der Waals surface area contributed by atoms with E-state index in [9.17, 15) is 0 Å². The van der Waals surface area contributed by atoms with Gasteiger partial charge < -0.3 is 0 Å². The van der Waals surface area contributed by atoms with E-state index in [4.69, 9.17) is 0 Å². The first-order valence-electron chi connectivity index (χ1n) is 4.59. The molecule has 0 radical (unpaired) electrons. The zero-order valence-electron chi connectivity index (χ0n) is 7.46. The van der Waals surface area contributed by atoms with Gasteiger partial charge in [-0.2, -0.15) is 0 Å². The van der Waals surface area contributed by atoms with Gasteiger partial charge in [-0.15, -0.1) is 0 Å². The summed E-state index contributed by atoms with van der Waals surface area (Å²) in [6.45, 7) is 0. The summed E-state index contributed by atoms with van der Waals surface area (Å²) >= 11 is -1.19. The van der Waals surface area contributed by atoms with Crippen molar-refractivity contribution in [2.75, 3.05) is 0 Å². The van der Waals surface area contributed by atoms with E-state index in [-0.39, 0.29) is 0 Å². The van der Waals surface area contributed by atoms with Crippen molar-refractivity contribution in [1.82, 2.24) is 0 Å². The van der Waals surface area contributed by atoms with Gasteiger partial charge in [0.25, 0.3) is 0 Å². The molecule has 0 fully saturated rings. The normalized spacial score (nSPS) is 19.8. The molecule has 2 rings (SSSR count). The standard InChI is InChI=1S/2C5H5.CH3.Sc/c2*1-2-4-5-3-1;;/h2*1-3H,4H2;1H3;. The van der Waals surface area contributed by atoms with Crippen LogP contribution in [0.1, 0.15) is 12.8 Å². The molecule has 12 heavy (non-hydrogen) atoms. The van der Waals surface area contributed by atoms with Gasteiger partial charge in [0.05, 0.1) is 0 Å². The van der Waals surface area contributed by atoms with Gasteiger partial charge in [-0.1, -0.05) is 0 Å². The fourth-order valence-corrected chi connectivity index (χ4v) is 5.33. The third-order valence-corrected chi connectivity index (χ3v) is 7.52. The van der Waals surface area contributed by atoms with E-state index in [1.807, 2.05) is 0 Å². The van der Waals surface area contributed by atoms with Gasteiger partial charge in [-0.3, -0.25) is 0 Å². The monoisotopic (exact) mass is 190 g/mol. The molecule has 0 spiro atoms. The van der Waals surface area contributed by atoms with E-state index in [0.29, 0.717) is 0 Å². The second-order valence-electron chi connectivity index (χ2n) is 3.47. The van der Waals surface area contributed by atoms with Crippen LogP contribution in [0.25, 0.3) is 0 Å². The predicted octanol–water partition coefficient (Wildman–Crippen LogP) is 3.34. The zero-order chi connectivity index (χ0) is 8.39. The molecule has 0 N–H and O–H groups in total. The first-order chi connectivity index (χ1) is 5.88. The quantitative estimate of drug-likeness (QED) is 0.626. The summed E-state index contributed by atoms with van der Waals surface area (Å²) < 4.78 is 5.99. The summed E-state index contributed by atoms with van der Waals surface area (Å²) in [5, 5.41) is 0. The van der Waals surface area contributed by atoms with E-state index < -0.39 is 21.4 Å². The summed E-state index contributed by atoms with van der Waals surface area (Å²) in [5.74, 6) is 0. The summed E-state index contributed by atoms with van der Waals surface area (Å²) in [6.07, 6.45) is 16.1. The molecule has 2 aliphatic carbocycles. The molecule has 0 bridgehead atoms. The molecule has 0 saturated carbocycles. The van der Waals surface area contributed by atoms with Gasteiger partial charge in [0.15, 0.2) is 0 Å². The average Bonchev–Trinajstić information content (AvgIpc) is 2.77. The Labute approximate surface area is 81.9 Å². The molecule has 0 saturated heterocycles. The van der Waals surface area contributed by atoms with Gasteiger partial charge in [-0.25, -0.2) is 0 Å². The maximum absolute atomic E-state index is 2.49. The van der Waals surface area contributed by atoms with Crippen LogP contribution < -0.4 is 0 Å². The molecule has 0 heterocycles. The van der Waals surface area contributed by atoms with E-state index in [1.54, 1.807) is 6.66 Å². The number of hydrogen-bond acceptors (Lipinski definition) is 0. The molecule has 2 aliphatic rings. The van der Waals surface area contributed by atoms with Crippen molar-refractivity contribution in [3.8, 4) is 0 Å². The van der Waals surface area contributed by atoms with Crippen molar-refractivity contribution >= 4 is 0 Å². The van der Waals surface area contributed by atoms with Crippen molar-refractivity contribution in [2.24, 2.45) is 0 Å². The third kappa shape index (κ3) is 1.61. The molecule has 1 heteroatoms. The molecule has 0 nitrogen and oxygen atoms in total. The van der Waals surface area contributed by atoms with Crippen LogP contribution in [-0.2, 0) is 21.4 Å². The summed E-state index contributed by atoms with van der Waals surface area (Å²) in [6, 6.07) is 0. The number of hydrogen-bond donors (Lipinski definition) is 0. The predicted molar refractivity (Wildman–Crippen MR) is 49.5 cm³/mol. The Morgan fingerprint density at radius 2 is 1.50 bits per heavy atom. The van der Waals surface area contributed by atoms with Crippen LogP contribution >= 0.6 is 0 Å². The maximum atomic E-state index is 2.49. The molecule has 0 aliphatic heterocycles. The van der Waals surface area contributed by atoms with Crippen LogP contribution in [0.15, 0.2) is 43.1 Å². The Morgan fingerprint density at radius 1 is 1.00 bits per heavy atom. The van der Waals surface area contributed by atoms with Crippen molar-refractivity contribution in [2.45, 2.75) is 17.5 Å². The number of allylic oxidation sites excluding steroid dienone is 8. The molecule has 0 amide bonds. The fraction of sp³-hybridized carbons (Fsp3) is 0.273. The van der Waals surface area contributed by atoms with Crippen LogP contribution in [-0.4, -0.2) is 0 Å². The molecule has 0 aromatic carbocycles. The Hall–Kier alpha value is -0.170. The second kappa shape index (κ2) is 3.69. The summed E-state index contributed by atoms with van der Waals surface area (Å²) in [7, 11) is 0. The molecular weight excluding hydrogens is 177 g/mol. The molecule has 0 unspecified atom stereocenters. The van der Waals surface area contributed by atoms with E-state index >= 15 is 0 Å². The Balaban J connectivity index is 2.05. The van der Waals surface area contributed by atoms with Gasteiger partial charge in [0.1, 0.15) is 0 Å². The van der Waals surface area contributed by atoms with Gasteiger partial charge in [0.2, 0.25) is 0 Å². The van der Waals surface area contributed by atoms with Crippen molar-refractivity contribution in [1.29, 1.82) is 0 Å². The molecule has 0 aromatic heterocycles. The Kier molecular flexibility index (Phi) is 2.60. The minimum absolute atomic E-state index is 1.19. The fourth-order valence-electron chi connectivity index (χ4n) is 1.81. The first-order valence-corrected chi connectivity index (χ1v) is 8.20. The SMILES string of the molecule is [CH3][Sc]([C]1=CC=CC1)[C]1=CC=CC1. The van der Waals surface area contributed by atoms with Crippen molar-refractivity contribution in [3.05, 3.63) is 43.1 Å². The molecule has 0 aromatic rings. The van der Waals surface area contributed by atoms with E-state index in [0.717, 1.165) is 0 Å². The van der Waals surface area contributed by atoms with Crippen LogP contribution in [0.2, 0.25) is 4.68 Å². The van der Waals surface area contributed by atoms with Crippen molar-refractivity contribution in [3.63, 3.8) is 0 Å². The number of rotatable bonds is 2. The van der Waals surface area contributed by atoms with E-state index in [1.165, 1.54) is 12.8 Å². The summed E-state index contributed by atoms with van der Waals surface area (Å²) in [5.41, 5.74) is 0. The topological polar surface area (TPSA) is 0 Å². The average molecular weight is 190 g/mol. The molecule has 60 valence electrons.